The first-order chi connectivity index (χ1) is 17.8. The molecule has 0 aromatic rings. The van der Waals surface area contributed by atoms with Crippen LogP contribution >= 0.6 is 0 Å². The van der Waals surface area contributed by atoms with E-state index in [-0.39, 0.29) is 36.9 Å². The maximum absolute atomic E-state index is 12.6. The molecule has 4 heterocycles. The maximum atomic E-state index is 12.6. The summed E-state index contributed by atoms with van der Waals surface area (Å²) in [6.07, 6.45) is 14.3. The number of cyclic esters (lactones) is 1. The van der Waals surface area contributed by atoms with Crippen molar-refractivity contribution in [1.29, 1.82) is 0 Å². The predicted octanol–water partition coefficient (Wildman–Crippen LogP) is 4.11. The van der Waals surface area contributed by atoms with Crippen molar-refractivity contribution in [3.05, 3.63) is 60.3 Å². The van der Waals surface area contributed by atoms with Crippen molar-refractivity contribution < 1.29 is 34.0 Å². The molecule has 9 atom stereocenters. The highest BCUT2D eigenvalue weighted by Crippen LogP contribution is 2.35. The minimum absolute atomic E-state index is 0.0863. The summed E-state index contributed by atoms with van der Waals surface area (Å²) in [5.41, 5.74) is 2.23. The fourth-order valence-electron chi connectivity index (χ4n) is 5.45. The van der Waals surface area contributed by atoms with E-state index in [1.807, 2.05) is 18.2 Å². The van der Waals surface area contributed by atoms with Crippen LogP contribution in [0.1, 0.15) is 58.8 Å². The van der Waals surface area contributed by atoms with E-state index >= 15 is 0 Å². The first-order valence-electron chi connectivity index (χ1n) is 13.6. The Morgan fingerprint density at radius 1 is 1.14 bits per heavy atom. The average Bonchev–Trinajstić information content (AvgIpc) is 3.61. The molecule has 0 aromatic carbocycles. The van der Waals surface area contributed by atoms with E-state index in [4.69, 9.17) is 18.9 Å². The molecule has 4 aliphatic rings. The molecule has 0 radical (unpaired) electrons. The summed E-state index contributed by atoms with van der Waals surface area (Å²) in [6.45, 7) is 8.98. The second-order valence-corrected chi connectivity index (χ2v) is 11.0. The molecule has 4 aliphatic heterocycles. The lowest BCUT2D eigenvalue weighted by atomic mass is 9.91. The first-order valence-corrected chi connectivity index (χ1v) is 13.6. The number of hydrogen-bond acceptors (Lipinski definition) is 7. The Kier molecular flexibility index (Phi) is 9.96. The molecule has 2 N–H and O–H groups in total. The molecular formula is C30H42O7. The lowest BCUT2D eigenvalue weighted by molar-refractivity contribution is -0.148. The van der Waals surface area contributed by atoms with E-state index in [0.717, 1.165) is 31.3 Å². The normalized spacial score (nSPS) is 38.8. The highest BCUT2D eigenvalue weighted by molar-refractivity contribution is 5.82. The van der Waals surface area contributed by atoms with Crippen LogP contribution in [0.5, 0.6) is 0 Å². The number of hydrogen-bond donors (Lipinski definition) is 2. The van der Waals surface area contributed by atoms with Crippen LogP contribution in [0, 0.1) is 5.92 Å². The quantitative estimate of drug-likeness (QED) is 0.332. The number of aliphatic hydroxyl groups is 2. The van der Waals surface area contributed by atoms with Gasteiger partial charge in [-0.2, -0.15) is 0 Å². The van der Waals surface area contributed by atoms with Crippen molar-refractivity contribution in [2.45, 2.75) is 108 Å². The van der Waals surface area contributed by atoms with Gasteiger partial charge in [0.15, 0.2) is 0 Å². The van der Waals surface area contributed by atoms with Crippen LogP contribution in [0.4, 0.5) is 0 Å². The van der Waals surface area contributed by atoms with Crippen molar-refractivity contribution in [2.24, 2.45) is 5.92 Å². The average molecular weight is 515 g/mol. The molecule has 0 aliphatic carbocycles. The van der Waals surface area contributed by atoms with Gasteiger partial charge in [-0.3, -0.25) is 0 Å². The van der Waals surface area contributed by atoms with Gasteiger partial charge in [-0.1, -0.05) is 61.1 Å². The lowest BCUT2D eigenvalue weighted by Gasteiger charge is -2.28. The fraction of sp³-hybridized carbons (Fsp3) is 0.633. The Bertz CT molecular complexity index is 919. The van der Waals surface area contributed by atoms with Gasteiger partial charge in [0.1, 0.15) is 18.3 Å². The summed E-state index contributed by atoms with van der Waals surface area (Å²) in [6, 6.07) is 0. The second kappa shape index (κ2) is 13.2. The molecule has 1 saturated heterocycles. The van der Waals surface area contributed by atoms with Gasteiger partial charge >= 0.3 is 5.97 Å². The monoisotopic (exact) mass is 514 g/mol. The van der Waals surface area contributed by atoms with Gasteiger partial charge in [-0.05, 0) is 51.4 Å². The van der Waals surface area contributed by atoms with Gasteiger partial charge in [-0.15, -0.1) is 0 Å². The highest BCUT2D eigenvalue weighted by atomic mass is 16.6. The Balaban J connectivity index is 1.44. The lowest BCUT2D eigenvalue weighted by Crippen LogP contribution is -2.32. The molecule has 4 rings (SSSR count). The van der Waals surface area contributed by atoms with E-state index in [2.05, 4.69) is 26.5 Å². The second-order valence-electron chi connectivity index (χ2n) is 11.0. The summed E-state index contributed by atoms with van der Waals surface area (Å²) >= 11 is 0. The minimum atomic E-state index is -1.03. The van der Waals surface area contributed by atoms with Crippen molar-refractivity contribution in [3.8, 4) is 0 Å². The summed E-state index contributed by atoms with van der Waals surface area (Å²) in [7, 11) is 0. The molecule has 37 heavy (non-hydrogen) atoms. The number of esters is 1. The van der Waals surface area contributed by atoms with Crippen molar-refractivity contribution in [2.75, 3.05) is 6.61 Å². The molecule has 7 nitrogen and oxygen atoms in total. The zero-order chi connectivity index (χ0) is 26.4. The molecule has 0 unspecified atom stereocenters. The third-order valence-electron chi connectivity index (χ3n) is 7.44. The zero-order valence-corrected chi connectivity index (χ0v) is 22.0. The van der Waals surface area contributed by atoms with Crippen molar-refractivity contribution in [3.63, 3.8) is 0 Å². The number of epoxide rings is 1. The Morgan fingerprint density at radius 2 is 1.97 bits per heavy atom. The number of carbonyl (C=O) groups excluding carboxylic acids is 1. The summed E-state index contributed by atoms with van der Waals surface area (Å²) in [5, 5.41) is 21.7. The maximum Gasteiger partial charge on any atom is 0.330 e. The van der Waals surface area contributed by atoms with Gasteiger partial charge in [0.2, 0.25) is 0 Å². The van der Waals surface area contributed by atoms with Crippen LogP contribution in [-0.2, 0) is 23.7 Å². The Morgan fingerprint density at radius 3 is 2.78 bits per heavy atom. The van der Waals surface area contributed by atoms with Crippen LogP contribution in [0.3, 0.4) is 0 Å². The third-order valence-corrected chi connectivity index (χ3v) is 7.44. The summed E-state index contributed by atoms with van der Waals surface area (Å²) < 4.78 is 23.4. The predicted molar refractivity (Wildman–Crippen MR) is 141 cm³/mol. The van der Waals surface area contributed by atoms with Gasteiger partial charge in [0.25, 0.3) is 0 Å². The number of aliphatic hydroxyl groups excluding tert-OH is 2. The third kappa shape index (κ3) is 8.76. The molecule has 1 fully saturated rings. The van der Waals surface area contributed by atoms with Crippen LogP contribution in [-0.4, -0.2) is 71.6 Å². The molecule has 0 aromatic heterocycles. The van der Waals surface area contributed by atoms with E-state index in [9.17, 15) is 15.0 Å². The standard InChI is InChI=1S/C30H42O7/c1-19-12-13-34-23(15-19)10-11-25(31)27-18-28-30(37-28)26(32)17-21(3)14-20(2)16-24-8-4-6-22(35-24)7-5-9-29(33)36-27/h4-6,9-12,20,22-28,30-32H,3,7-8,13-18H2,1-2H3/t20-,22-,23+,24-,25-,26+,27-,28+,30+/m0/s1. The molecule has 0 amide bonds. The SMILES string of the molecule is C=C1C[C@H](C)C[C@@H]2CC=C[C@@H](CC=CC(=O)O[C@H]([C@@H](O)C=C[C@@H]3CC(C)=CCO3)C[C@H]3O[C@@H]3[C@H](O)C1)O2. The van der Waals surface area contributed by atoms with E-state index in [1.54, 1.807) is 12.2 Å². The van der Waals surface area contributed by atoms with Crippen molar-refractivity contribution in [1.82, 2.24) is 0 Å². The smallest absolute Gasteiger partial charge is 0.330 e. The number of carbonyl (C=O) groups is 1. The Labute approximate surface area is 220 Å². The minimum Gasteiger partial charge on any atom is -0.456 e. The number of rotatable bonds is 3. The van der Waals surface area contributed by atoms with Gasteiger partial charge in [0, 0.05) is 12.5 Å². The first kappa shape index (κ1) is 28.0. The highest BCUT2D eigenvalue weighted by Gasteiger charge is 2.46. The van der Waals surface area contributed by atoms with Gasteiger partial charge in [0.05, 0.1) is 37.1 Å². The number of ether oxygens (including phenoxy) is 4. The number of fused-ring (bicyclic) bond motifs is 3. The summed E-state index contributed by atoms with van der Waals surface area (Å²) in [5.74, 6) is -0.141. The van der Waals surface area contributed by atoms with Gasteiger partial charge < -0.3 is 29.2 Å². The van der Waals surface area contributed by atoms with E-state index in [0.29, 0.717) is 25.4 Å². The fourth-order valence-corrected chi connectivity index (χ4v) is 5.45. The van der Waals surface area contributed by atoms with Crippen LogP contribution in [0.25, 0.3) is 0 Å². The molecule has 2 bridgehead atoms. The largest absolute Gasteiger partial charge is 0.456 e. The van der Waals surface area contributed by atoms with Crippen LogP contribution < -0.4 is 0 Å². The van der Waals surface area contributed by atoms with Crippen LogP contribution in [0.2, 0.25) is 0 Å². The molecule has 0 saturated carbocycles. The zero-order valence-electron chi connectivity index (χ0n) is 22.0. The molecule has 0 spiro atoms. The topological polar surface area (TPSA) is 97.8 Å². The molecule has 204 valence electrons. The summed E-state index contributed by atoms with van der Waals surface area (Å²) in [4.78, 5) is 12.6. The van der Waals surface area contributed by atoms with Crippen LogP contribution in [0.15, 0.2) is 60.3 Å². The van der Waals surface area contributed by atoms with E-state index in [1.165, 1.54) is 11.6 Å². The van der Waals surface area contributed by atoms with E-state index < -0.39 is 24.3 Å². The molecule has 7 heteroatoms. The Hall–Kier alpha value is -2.03. The van der Waals surface area contributed by atoms with Crippen molar-refractivity contribution >= 4 is 5.97 Å². The van der Waals surface area contributed by atoms with Gasteiger partial charge in [-0.25, -0.2) is 4.79 Å². The molecular weight excluding hydrogens is 472 g/mol.